The highest BCUT2D eigenvalue weighted by molar-refractivity contribution is 6.33. The largest absolute Gasteiger partial charge is 0.224 e. The Hall–Kier alpha value is -1.94. The fourth-order valence-corrected chi connectivity index (χ4v) is 2.66. The summed E-state index contributed by atoms with van der Waals surface area (Å²) in [5.74, 6) is 0. The lowest BCUT2D eigenvalue weighted by molar-refractivity contribution is 0.878. The van der Waals surface area contributed by atoms with E-state index in [0.717, 1.165) is 27.8 Å². The van der Waals surface area contributed by atoms with Gasteiger partial charge in [-0.2, -0.15) is 5.10 Å². The summed E-state index contributed by atoms with van der Waals surface area (Å²) in [6, 6.07) is 4.28. The maximum absolute atomic E-state index is 6.06. The minimum Gasteiger partial charge on any atom is -0.224 e. The van der Waals surface area contributed by atoms with Crippen LogP contribution in [-0.4, -0.2) is 19.7 Å². The Balaban J connectivity index is 2.34. The summed E-state index contributed by atoms with van der Waals surface area (Å²) in [7, 11) is 0. The zero-order valence-electron chi connectivity index (χ0n) is 11.0. The van der Waals surface area contributed by atoms with Crippen LogP contribution in [0.15, 0.2) is 24.7 Å². The van der Waals surface area contributed by atoms with Crippen molar-refractivity contribution in [2.75, 3.05) is 0 Å². The summed E-state index contributed by atoms with van der Waals surface area (Å²) >= 11 is 6.06. The van der Waals surface area contributed by atoms with E-state index in [-0.39, 0.29) is 0 Å². The molecule has 0 N–H and O–H groups in total. The lowest BCUT2D eigenvalue weighted by Crippen LogP contribution is -2.03. The fraction of sp³-hybridized carbons (Fsp3) is 0.214. The summed E-state index contributed by atoms with van der Waals surface area (Å²) in [6.45, 7) is 6.24. The Bertz CT molecular complexity index is 753. The van der Waals surface area contributed by atoms with Crippen LogP contribution in [-0.2, 0) is 0 Å². The first kappa shape index (κ1) is 12.1. The van der Waals surface area contributed by atoms with Crippen molar-refractivity contribution in [2.24, 2.45) is 0 Å². The number of fused-ring (bicyclic) bond motifs is 1. The summed E-state index contributed by atoms with van der Waals surface area (Å²) < 4.78 is 1.83. The van der Waals surface area contributed by atoms with Gasteiger partial charge in [0.2, 0.25) is 0 Å². The van der Waals surface area contributed by atoms with Gasteiger partial charge in [-0.3, -0.25) is 0 Å². The van der Waals surface area contributed by atoms with E-state index in [1.807, 2.05) is 4.68 Å². The molecule has 0 atom stereocenters. The topological polar surface area (TPSA) is 43.6 Å². The molecule has 3 aromatic rings. The maximum Gasteiger partial charge on any atom is 0.167 e. The number of halogens is 1. The molecule has 3 rings (SSSR count). The number of hydrogen-bond donors (Lipinski definition) is 0. The van der Waals surface area contributed by atoms with Crippen molar-refractivity contribution in [1.29, 1.82) is 0 Å². The van der Waals surface area contributed by atoms with E-state index < -0.39 is 0 Å². The minimum absolute atomic E-state index is 0.429. The van der Waals surface area contributed by atoms with Crippen molar-refractivity contribution in [1.82, 2.24) is 19.7 Å². The quantitative estimate of drug-likeness (QED) is 0.638. The first-order valence-electron chi connectivity index (χ1n) is 6.00. The van der Waals surface area contributed by atoms with Crippen molar-refractivity contribution in [2.45, 2.75) is 20.8 Å². The highest BCUT2D eigenvalue weighted by Crippen LogP contribution is 2.25. The summed E-state index contributed by atoms with van der Waals surface area (Å²) in [4.78, 5) is 8.26. The highest BCUT2D eigenvalue weighted by Gasteiger charge is 2.13. The number of aryl methyl sites for hydroxylation is 3. The molecule has 0 aliphatic heterocycles. The molecule has 96 valence electrons. The predicted molar refractivity (Wildman–Crippen MR) is 75.9 cm³/mol. The monoisotopic (exact) mass is 272 g/mol. The third-order valence-electron chi connectivity index (χ3n) is 3.16. The Morgan fingerprint density at radius 3 is 2.42 bits per heavy atom. The van der Waals surface area contributed by atoms with E-state index in [4.69, 9.17) is 11.6 Å². The van der Waals surface area contributed by atoms with E-state index >= 15 is 0 Å². The molecular weight excluding hydrogens is 260 g/mol. The van der Waals surface area contributed by atoms with Crippen LogP contribution < -0.4 is 0 Å². The van der Waals surface area contributed by atoms with Gasteiger partial charge in [0.15, 0.2) is 5.65 Å². The van der Waals surface area contributed by atoms with Gasteiger partial charge in [0, 0.05) is 0 Å². The standard InChI is InChI=1S/C14H13ClN4/c1-8-4-9(2)12(10(3)5-8)19-14-11(6-18-19)13(15)16-7-17-14/h4-7H,1-3H3. The van der Waals surface area contributed by atoms with Crippen LogP contribution in [0, 0.1) is 20.8 Å². The fourth-order valence-electron chi connectivity index (χ4n) is 2.49. The van der Waals surface area contributed by atoms with Crippen LogP contribution in [0.25, 0.3) is 16.7 Å². The number of aromatic nitrogens is 4. The first-order valence-corrected chi connectivity index (χ1v) is 6.38. The Labute approximate surface area is 116 Å². The van der Waals surface area contributed by atoms with Gasteiger partial charge in [-0.25, -0.2) is 14.6 Å². The molecule has 0 unspecified atom stereocenters. The van der Waals surface area contributed by atoms with Gasteiger partial charge in [-0.05, 0) is 31.9 Å². The van der Waals surface area contributed by atoms with Gasteiger partial charge in [-0.15, -0.1) is 0 Å². The molecule has 0 amide bonds. The number of hydrogen-bond acceptors (Lipinski definition) is 3. The molecule has 0 spiro atoms. The Kier molecular flexibility index (Phi) is 2.75. The maximum atomic E-state index is 6.06. The van der Waals surface area contributed by atoms with E-state index in [1.165, 1.54) is 11.9 Å². The predicted octanol–water partition coefficient (Wildman–Crippen LogP) is 3.39. The molecule has 2 aromatic heterocycles. The lowest BCUT2D eigenvalue weighted by Gasteiger charge is -2.11. The Morgan fingerprint density at radius 2 is 1.74 bits per heavy atom. The molecule has 2 heterocycles. The third kappa shape index (κ3) is 1.88. The van der Waals surface area contributed by atoms with Crippen LogP contribution in [0.5, 0.6) is 0 Å². The summed E-state index contributed by atoms with van der Waals surface area (Å²) in [5, 5.41) is 5.60. The first-order chi connectivity index (χ1) is 9.08. The van der Waals surface area contributed by atoms with Crippen LogP contribution in [0.1, 0.15) is 16.7 Å². The number of benzene rings is 1. The van der Waals surface area contributed by atoms with Crippen LogP contribution in [0.3, 0.4) is 0 Å². The molecule has 4 nitrogen and oxygen atoms in total. The zero-order valence-corrected chi connectivity index (χ0v) is 11.7. The molecule has 0 radical (unpaired) electrons. The van der Waals surface area contributed by atoms with Crippen LogP contribution >= 0.6 is 11.6 Å². The van der Waals surface area contributed by atoms with E-state index in [1.54, 1.807) is 6.20 Å². The summed E-state index contributed by atoms with van der Waals surface area (Å²) in [6.07, 6.45) is 3.16. The van der Waals surface area contributed by atoms with E-state index in [0.29, 0.717) is 5.15 Å². The molecule has 0 saturated heterocycles. The molecule has 5 heteroatoms. The average molecular weight is 273 g/mol. The molecule has 0 aliphatic carbocycles. The van der Waals surface area contributed by atoms with Crippen molar-refractivity contribution in [3.8, 4) is 5.69 Å². The second kappa shape index (κ2) is 4.31. The van der Waals surface area contributed by atoms with Gasteiger partial charge in [0.05, 0.1) is 17.3 Å². The van der Waals surface area contributed by atoms with Gasteiger partial charge >= 0.3 is 0 Å². The second-order valence-corrected chi connectivity index (χ2v) is 5.06. The van der Waals surface area contributed by atoms with Crippen LogP contribution in [0.2, 0.25) is 5.15 Å². The molecule has 0 saturated carbocycles. The normalized spacial score (nSPS) is 11.2. The van der Waals surface area contributed by atoms with Gasteiger partial charge < -0.3 is 0 Å². The van der Waals surface area contributed by atoms with E-state index in [2.05, 4.69) is 48.0 Å². The number of rotatable bonds is 1. The Morgan fingerprint density at radius 1 is 1.05 bits per heavy atom. The summed E-state index contributed by atoms with van der Waals surface area (Å²) in [5.41, 5.74) is 5.35. The van der Waals surface area contributed by atoms with Gasteiger partial charge in [0.1, 0.15) is 11.5 Å². The zero-order chi connectivity index (χ0) is 13.6. The van der Waals surface area contributed by atoms with Crippen LogP contribution in [0.4, 0.5) is 0 Å². The van der Waals surface area contributed by atoms with Crippen molar-refractivity contribution in [3.05, 3.63) is 46.5 Å². The van der Waals surface area contributed by atoms with Gasteiger partial charge in [-0.1, -0.05) is 29.3 Å². The van der Waals surface area contributed by atoms with E-state index in [9.17, 15) is 0 Å². The smallest absolute Gasteiger partial charge is 0.167 e. The molecule has 0 fully saturated rings. The lowest BCUT2D eigenvalue weighted by atomic mass is 10.1. The SMILES string of the molecule is Cc1cc(C)c(-n2ncc3c(Cl)ncnc32)c(C)c1. The average Bonchev–Trinajstić information content (AvgIpc) is 2.73. The number of nitrogens with zero attached hydrogens (tertiary/aromatic N) is 4. The molecular formula is C14H13ClN4. The highest BCUT2D eigenvalue weighted by atomic mass is 35.5. The molecule has 0 bridgehead atoms. The minimum atomic E-state index is 0.429. The molecule has 1 aromatic carbocycles. The van der Waals surface area contributed by atoms with Gasteiger partial charge in [0.25, 0.3) is 0 Å². The van der Waals surface area contributed by atoms with Crippen molar-refractivity contribution in [3.63, 3.8) is 0 Å². The van der Waals surface area contributed by atoms with Crippen molar-refractivity contribution >= 4 is 22.6 Å². The van der Waals surface area contributed by atoms with Crippen molar-refractivity contribution < 1.29 is 0 Å². The molecule has 19 heavy (non-hydrogen) atoms. The third-order valence-corrected chi connectivity index (χ3v) is 3.47. The second-order valence-electron chi connectivity index (χ2n) is 4.71. The molecule has 0 aliphatic rings.